The van der Waals surface area contributed by atoms with Crippen LogP contribution in [0.3, 0.4) is 0 Å². The number of Topliss-reactive ketones (excluding diaryl/α,β-unsaturated/α-hetero) is 1. The van der Waals surface area contributed by atoms with Crippen molar-refractivity contribution >= 4 is 37.1 Å². The topological polar surface area (TPSA) is 51.2 Å². The van der Waals surface area contributed by atoms with Crippen molar-refractivity contribution in [3.05, 3.63) is 28.8 Å². The van der Waals surface area contributed by atoms with Crippen LogP contribution in [0.1, 0.15) is 30.1 Å². The molecule has 0 atom stereocenters. The summed E-state index contributed by atoms with van der Waals surface area (Å²) in [5.41, 5.74) is 0.311. The van der Waals surface area contributed by atoms with E-state index in [9.17, 15) is 13.2 Å². The van der Waals surface area contributed by atoms with Crippen LogP contribution in [0.15, 0.2) is 23.1 Å². The molecule has 0 radical (unpaired) electrons. The van der Waals surface area contributed by atoms with Crippen LogP contribution in [0.25, 0.3) is 0 Å². The molecular formula is C10H10Cl2O3S. The number of ketones is 1. The van der Waals surface area contributed by atoms with Crippen molar-refractivity contribution in [2.75, 3.05) is 0 Å². The Balaban J connectivity index is 3.23. The van der Waals surface area contributed by atoms with Gasteiger partial charge >= 0.3 is 0 Å². The number of hydrogen-bond acceptors (Lipinski definition) is 3. The predicted octanol–water partition coefficient (Wildman–Crippen LogP) is 3.25. The zero-order valence-corrected chi connectivity index (χ0v) is 10.9. The van der Waals surface area contributed by atoms with Gasteiger partial charge in [0.05, 0.1) is 5.02 Å². The van der Waals surface area contributed by atoms with Gasteiger partial charge in [-0.2, -0.15) is 0 Å². The third kappa shape index (κ3) is 3.20. The minimum absolute atomic E-state index is 0.0167. The molecule has 3 nitrogen and oxygen atoms in total. The summed E-state index contributed by atoms with van der Waals surface area (Å²) in [5.74, 6) is -0.124. The normalized spacial score (nSPS) is 11.4. The summed E-state index contributed by atoms with van der Waals surface area (Å²) in [7, 11) is 1.28. The highest BCUT2D eigenvalue weighted by Crippen LogP contribution is 2.26. The van der Waals surface area contributed by atoms with Gasteiger partial charge in [0.1, 0.15) is 4.90 Å². The average Bonchev–Trinajstić information content (AvgIpc) is 2.16. The third-order valence-corrected chi connectivity index (χ3v) is 3.80. The fourth-order valence-electron chi connectivity index (χ4n) is 1.24. The molecule has 1 aromatic rings. The Labute approximate surface area is 104 Å². The van der Waals surface area contributed by atoms with Gasteiger partial charge in [0.25, 0.3) is 9.05 Å². The van der Waals surface area contributed by atoms with Crippen LogP contribution in [0.5, 0.6) is 0 Å². The van der Waals surface area contributed by atoms with Gasteiger partial charge in [-0.05, 0) is 24.6 Å². The largest absolute Gasteiger partial charge is 0.294 e. The standard InChI is InChI=1S/C10H10Cl2O3S/c1-2-3-9(13)7-4-5-8(11)10(6-7)16(12,14)15/h4-6H,2-3H2,1H3. The highest BCUT2D eigenvalue weighted by molar-refractivity contribution is 8.13. The summed E-state index contributed by atoms with van der Waals surface area (Å²) < 4.78 is 22.3. The van der Waals surface area contributed by atoms with Gasteiger partial charge in [-0.1, -0.05) is 18.5 Å². The van der Waals surface area contributed by atoms with Crippen molar-refractivity contribution in [2.45, 2.75) is 24.7 Å². The maximum Gasteiger partial charge on any atom is 0.262 e. The van der Waals surface area contributed by atoms with Crippen molar-refractivity contribution in [3.63, 3.8) is 0 Å². The van der Waals surface area contributed by atoms with Gasteiger partial charge in [0, 0.05) is 22.7 Å². The summed E-state index contributed by atoms with van der Waals surface area (Å²) in [6.07, 6.45) is 1.06. The Bertz CT molecular complexity index is 509. The first-order valence-electron chi connectivity index (χ1n) is 4.63. The maximum atomic E-state index is 11.6. The molecule has 0 unspecified atom stereocenters. The molecule has 1 rings (SSSR count). The Kier molecular flexibility index (Phi) is 4.35. The molecule has 0 fully saturated rings. The molecule has 6 heteroatoms. The second-order valence-electron chi connectivity index (χ2n) is 3.26. The molecule has 0 aromatic heterocycles. The Morgan fingerprint density at radius 1 is 1.38 bits per heavy atom. The summed E-state index contributed by atoms with van der Waals surface area (Å²) in [5, 5.41) is 0.0167. The number of hydrogen-bond donors (Lipinski definition) is 0. The summed E-state index contributed by atoms with van der Waals surface area (Å²) >= 11 is 5.69. The van der Waals surface area contributed by atoms with E-state index >= 15 is 0 Å². The molecule has 0 N–H and O–H groups in total. The summed E-state index contributed by atoms with van der Waals surface area (Å²) in [6.45, 7) is 1.87. The van der Waals surface area contributed by atoms with Gasteiger partial charge in [-0.3, -0.25) is 4.79 Å². The van der Waals surface area contributed by atoms with E-state index in [0.29, 0.717) is 18.4 Å². The van der Waals surface area contributed by atoms with Crippen LogP contribution in [0.4, 0.5) is 0 Å². The smallest absolute Gasteiger partial charge is 0.262 e. The van der Waals surface area contributed by atoms with E-state index in [0.717, 1.165) is 0 Å². The van der Waals surface area contributed by atoms with E-state index in [4.69, 9.17) is 22.3 Å². The van der Waals surface area contributed by atoms with E-state index < -0.39 is 9.05 Å². The summed E-state index contributed by atoms with van der Waals surface area (Å²) in [6, 6.07) is 4.06. The number of rotatable bonds is 4. The van der Waals surface area contributed by atoms with E-state index in [-0.39, 0.29) is 15.7 Å². The Morgan fingerprint density at radius 3 is 2.50 bits per heavy atom. The highest BCUT2D eigenvalue weighted by Gasteiger charge is 2.17. The SMILES string of the molecule is CCCC(=O)c1ccc(Cl)c(S(=O)(=O)Cl)c1. The first-order chi connectivity index (χ1) is 7.36. The number of carbonyl (C=O) groups is 1. The van der Waals surface area contributed by atoms with Crippen molar-refractivity contribution in [2.24, 2.45) is 0 Å². The van der Waals surface area contributed by atoms with Crippen LogP contribution in [0.2, 0.25) is 5.02 Å². The second kappa shape index (κ2) is 5.17. The summed E-state index contributed by atoms with van der Waals surface area (Å²) in [4.78, 5) is 11.3. The maximum absolute atomic E-state index is 11.6. The molecule has 0 aliphatic rings. The zero-order chi connectivity index (χ0) is 12.3. The lowest BCUT2D eigenvalue weighted by atomic mass is 10.1. The number of halogens is 2. The van der Waals surface area contributed by atoms with Crippen LogP contribution >= 0.6 is 22.3 Å². The number of benzene rings is 1. The first-order valence-corrected chi connectivity index (χ1v) is 7.32. The lowest BCUT2D eigenvalue weighted by Crippen LogP contribution is -2.01. The molecule has 0 bridgehead atoms. The van der Waals surface area contributed by atoms with Crippen LogP contribution in [-0.2, 0) is 9.05 Å². The molecule has 0 saturated carbocycles. The molecular weight excluding hydrogens is 271 g/mol. The van der Waals surface area contributed by atoms with Gasteiger partial charge in [-0.25, -0.2) is 8.42 Å². The molecule has 0 aliphatic carbocycles. The minimum atomic E-state index is -3.92. The molecule has 0 aliphatic heterocycles. The van der Waals surface area contributed by atoms with Crippen molar-refractivity contribution in [1.29, 1.82) is 0 Å². The molecule has 0 heterocycles. The lowest BCUT2D eigenvalue weighted by molar-refractivity contribution is 0.0981. The van der Waals surface area contributed by atoms with E-state index in [1.54, 1.807) is 0 Å². The zero-order valence-electron chi connectivity index (χ0n) is 8.54. The van der Waals surface area contributed by atoms with Crippen LogP contribution in [0, 0.1) is 0 Å². The van der Waals surface area contributed by atoms with E-state index in [1.807, 2.05) is 6.92 Å². The molecule has 0 spiro atoms. The minimum Gasteiger partial charge on any atom is -0.294 e. The van der Waals surface area contributed by atoms with Gasteiger partial charge in [0.15, 0.2) is 5.78 Å². The first kappa shape index (κ1) is 13.5. The van der Waals surface area contributed by atoms with Crippen molar-refractivity contribution in [3.8, 4) is 0 Å². The fraction of sp³-hybridized carbons (Fsp3) is 0.300. The highest BCUT2D eigenvalue weighted by atomic mass is 35.7. The number of carbonyl (C=O) groups excluding carboxylic acids is 1. The van der Waals surface area contributed by atoms with Crippen LogP contribution in [-0.4, -0.2) is 14.2 Å². The molecule has 0 saturated heterocycles. The second-order valence-corrected chi connectivity index (χ2v) is 6.20. The average molecular weight is 281 g/mol. The monoisotopic (exact) mass is 280 g/mol. The van der Waals surface area contributed by atoms with Gasteiger partial charge < -0.3 is 0 Å². The lowest BCUT2D eigenvalue weighted by Gasteiger charge is -2.03. The third-order valence-electron chi connectivity index (χ3n) is 1.99. The molecule has 0 amide bonds. The Hall–Kier alpha value is -0.580. The van der Waals surface area contributed by atoms with E-state index in [1.165, 1.54) is 18.2 Å². The molecule has 16 heavy (non-hydrogen) atoms. The fourth-order valence-corrected chi connectivity index (χ4v) is 2.73. The predicted molar refractivity (Wildman–Crippen MR) is 63.7 cm³/mol. The molecule has 1 aromatic carbocycles. The van der Waals surface area contributed by atoms with Crippen molar-refractivity contribution < 1.29 is 13.2 Å². The quantitative estimate of drug-likeness (QED) is 0.628. The van der Waals surface area contributed by atoms with Gasteiger partial charge in [0.2, 0.25) is 0 Å². The van der Waals surface area contributed by atoms with Crippen molar-refractivity contribution in [1.82, 2.24) is 0 Å². The van der Waals surface area contributed by atoms with Gasteiger partial charge in [-0.15, -0.1) is 0 Å². The Morgan fingerprint density at radius 2 is 2.00 bits per heavy atom. The van der Waals surface area contributed by atoms with Crippen LogP contribution < -0.4 is 0 Å². The molecule has 88 valence electrons. The van der Waals surface area contributed by atoms with E-state index in [2.05, 4.69) is 0 Å².